The van der Waals surface area contributed by atoms with Crippen molar-refractivity contribution in [3.63, 3.8) is 0 Å². The highest BCUT2D eigenvalue weighted by atomic mass is 35.5. The third-order valence-corrected chi connectivity index (χ3v) is 3.27. The van der Waals surface area contributed by atoms with Crippen LogP contribution >= 0.6 is 11.6 Å². The second kappa shape index (κ2) is 5.40. The summed E-state index contributed by atoms with van der Waals surface area (Å²) in [5.41, 5.74) is 4.60. The number of halogens is 1. The Morgan fingerprint density at radius 2 is 1.78 bits per heavy atom. The van der Waals surface area contributed by atoms with E-state index in [2.05, 4.69) is 37.9 Å². The summed E-state index contributed by atoms with van der Waals surface area (Å²) < 4.78 is 5.89. The Hall–Kier alpha value is -1.54. The monoisotopic (exact) mass is 261 g/mol. The highest BCUT2D eigenvalue weighted by Crippen LogP contribution is 2.26. The molecular formula is C15H16ClNO. The lowest BCUT2D eigenvalue weighted by Crippen LogP contribution is -2.00. The maximum absolute atomic E-state index is 5.89. The average molecular weight is 262 g/mol. The van der Waals surface area contributed by atoms with Gasteiger partial charge in [-0.2, -0.15) is 0 Å². The molecule has 3 heteroatoms. The zero-order chi connectivity index (χ0) is 13.1. The molecule has 0 fully saturated rings. The van der Waals surface area contributed by atoms with Crippen molar-refractivity contribution < 1.29 is 4.74 Å². The number of nitrogens with zero attached hydrogens (tertiary/aromatic N) is 1. The fraction of sp³-hybridized carbons (Fsp3) is 0.267. The van der Waals surface area contributed by atoms with Gasteiger partial charge < -0.3 is 4.74 Å². The van der Waals surface area contributed by atoms with E-state index in [0.717, 1.165) is 16.9 Å². The molecule has 0 saturated carbocycles. The Balaban J connectivity index is 2.15. The summed E-state index contributed by atoms with van der Waals surface area (Å²) in [4.78, 5) is 4.04. The minimum atomic E-state index is 0.502. The van der Waals surface area contributed by atoms with E-state index in [1.54, 1.807) is 12.3 Å². The lowest BCUT2D eigenvalue weighted by Gasteiger charge is -2.13. The zero-order valence-corrected chi connectivity index (χ0v) is 11.6. The molecule has 94 valence electrons. The molecule has 2 rings (SSSR count). The third-order valence-electron chi connectivity index (χ3n) is 3.05. The van der Waals surface area contributed by atoms with Gasteiger partial charge in [-0.05, 0) is 43.5 Å². The molecule has 0 atom stereocenters. The number of aryl methyl sites for hydroxylation is 2. The van der Waals surface area contributed by atoms with E-state index in [-0.39, 0.29) is 0 Å². The maximum Gasteiger partial charge on any atom is 0.129 e. The van der Waals surface area contributed by atoms with Crippen LogP contribution in [0.25, 0.3) is 0 Å². The summed E-state index contributed by atoms with van der Waals surface area (Å²) in [6.45, 7) is 6.74. The largest absolute Gasteiger partial charge is 0.488 e. The molecule has 0 radical (unpaired) electrons. The van der Waals surface area contributed by atoms with Gasteiger partial charge in [-0.15, -0.1) is 0 Å². The lowest BCUT2D eigenvalue weighted by molar-refractivity contribution is 0.301. The Morgan fingerprint density at radius 3 is 2.44 bits per heavy atom. The van der Waals surface area contributed by atoms with E-state index >= 15 is 0 Å². The van der Waals surface area contributed by atoms with E-state index in [0.29, 0.717) is 11.8 Å². The fourth-order valence-electron chi connectivity index (χ4n) is 1.79. The summed E-state index contributed by atoms with van der Waals surface area (Å²) in [6.07, 6.45) is 1.74. The van der Waals surface area contributed by atoms with Crippen LogP contribution in [0.3, 0.4) is 0 Å². The minimum Gasteiger partial charge on any atom is -0.488 e. The van der Waals surface area contributed by atoms with Gasteiger partial charge in [0, 0.05) is 11.8 Å². The topological polar surface area (TPSA) is 22.1 Å². The van der Waals surface area contributed by atoms with Crippen LogP contribution in [0, 0.1) is 20.8 Å². The summed E-state index contributed by atoms with van der Waals surface area (Å²) in [5.74, 6) is 0.963. The van der Waals surface area contributed by atoms with Gasteiger partial charge in [0.15, 0.2) is 0 Å². The molecular weight excluding hydrogens is 246 g/mol. The minimum absolute atomic E-state index is 0.502. The molecule has 0 amide bonds. The van der Waals surface area contributed by atoms with Gasteiger partial charge in [-0.1, -0.05) is 29.8 Å². The smallest absolute Gasteiger partial charge is 0.129 e. The van der Waals surface area contributed by atoms with Crippen molar-refractivity contribution >= 4 is 11.6 Å². The normalized spacial score (nSPS) is 10.4. The van der Waals surface area contributed by atoms with E-state index in [9.17, 15) is 0 Å². The van der Waals surface area contributed by atoms with Crippen molar-refractivity contribution in [1.29, 1.82) is 0 Å². The second-order valence-electron chi connectivity index (χ2n) is 4.43. The van der Waals surface area contributed by atoms with Crippen LogP contribution in [0.5, 0.6) is 5.75 Å². The van der Waals surface area contributed by atoms with Gasteiger partial charge in [0.1, 0.15) is 17.5 Å². The SMILES string of the molecule is Cc1ccc(C)c(OCc2ccc(Cl)nc2)c1C. The first-order valence-electron chi connectivity index (χ1n) is 5.88. The van der Waals surface area contributed by atoms with Crippen molar-refractivity contribution in [2.45, 2.75) is 27.4 Å². The Bertz CT molecular complexity index is 549. The molecule has 2 aromatic rings. The summed E-state index contributed by atoms with van der Waals surface area (Å²) in [5, 5.41) is 0.502. The van der Waals surface area contributed by atoms with Crippen molar-refractivity contribution in [2.24, 2.45) is 0 Å². The van der Waals surface area contributed by atoms with Crippen LogP contribution < -0.4 is 4.74 Å². The van der Waals surface area contributed by atoms with Crippen LogP contribution in [0.2, 0.25) is 5.15 Å². The third kappa shape index (κ3) is 2.82. The van der Waals surface area contributed by atoms with Crippen LogP contribution in [0.1, 0.15) is 22.3 Å². The predicted octanol–water partition coefficient (Wildman–Crippen LogP) is 4.24. The molecule has 0 aliphatic carbocycles. The fourth-order valence-corrected chi connectivity index (χ4v) is 1.91. The molecule has 1 heterocycles. The summed E-state index contributed by atoms with van der Waals surface area (Å²) >= 11 is 5.75. The van der Waals surface area contributed by atoms with Crippen molar-refractivity contribution in [2.75, 3.05) is 0 Å². The number of benzene rings is 1. The first-order valence-corrected chi connectivity index (χ1v) is 6.26. The molecule has 0 saturated heterocycles. The number of aromatic nitrogens is 1. The van der Waals surface area contributed by atoms with Gasteiger partial charge in [-0.3, -0.25) is 0 Å². The summed E-state index contributed by atoms with van der Waals surface area (Å²) in [7, 11) is 0. The molecule has 0 aliphatic rings. The van der Waals surface area contributed by atoms with Crippen molar-refractivity contribution in [1.82, 2.24) is 4.98 Å². The number of ether oxygens (including phenoxy) is 1. The average Bonchev–Trinajstić information content (AvgIpc) is 2.36. The first kappa shape index (κ1) is 12.9. The standard InChI is InChI=1S/C15H16ClNO/c1-10-4-5-11(2)15(12(10)3)18-9-13-6-7-14(16)17-8-13/h4-8H,9H2,1-3H3. The van der Waals surface area contributed by atoms with E-state index in [1.807, 2.05) is 6.07 Å². The lowest BCUT2D eigenvalue weighted by atomic mass is 10.1. The van der Waals surface area contributed by atoms with Gasteiger partial charge >= 0.3 is 0 Å². The summed E-state index contributed by atoms with van der Waals surface area (Å²) in [6, 6.07) is 7.89. The second-order valence-corrected chi connectivity index (χ2v) is 4.82. The van der Waals surface area contributed by atoms with Crippen molar-refractivity contribution in [3.05, 3.63) is 57.9 Å². The van der Waals surface area contributed by atoms with Crippen LogP contribution in [-0.2, 0) is 6.61 Å². The van der Waals surface area contributed by atoms with E-state index in [4.69, 9.17) is 16.3 Å². The van der Waals surface area contributed by atoms with E-state index < -0.39 is 0 Å². The molecule has 18 heavy (non-hydrogen) atoms. The number of hydrogen-bond donors (Lipinski definition) is 0. The molecule has 2 nitrogen and oxygen atoms in total. The molecule has 0 aliphatic heterocycles. The Kier molecular flexibility index (Phi) is 3.87. The van der Waals surface area contributed by atoms with Gasteiger partial charge in [-0.25, -0.2) is 4.98 Å². The number of pyridine rings is 1. The Morgan fingerprint density at radius 1 is 1.06 bits per heavy atom. The quantitative estimate of drug-likeness (QED) is 0.771. The first-order chi connectivity index (χ1) is 8.58. The molecule has 0 unspecified atom stereocenters. The molecule has 0 bridgehead atoms. The van der Waals surface area contributed by atoms with Crippen LogP contribution in [0.15, 0.2) is 30.5 Å². The number of hydrogen-bond acceptors (Lipinski definition) is 2. The molecule has 0 N–H and O–H groups in total. The van der Waals surface area contributed by atoms with Gasteiger partial charge in [0.05, 0.1) is 0 Å². The highest BCUT2D eigenvalue weighted by Gasteiger charge is 2.06. The molecule has 1 aromatic heterocycles. The van der Waals surface area contributed by atoms with Crippen LogP contribution in [0.4, 0.5) is 0 Å². The van der Waals surface area contributed by atoms with Gasteiger partial charge in [0.25, 0.3) is 0 Å². The van der Waals surface area contributed by atoms with Crippen LogP contribution in [-0.4, -0.2) is 4.98 Å². The maximum atomic E-state index is 5.89. The molecule has 0 spiro atoms. The number of rotatable bonds is 3. The van der Waals surface area contributed by atoms with Gasteiger partial charge in [0.2, 0.25) is 0 Å². The van der Waals surface area contributed by atoms with E-state index in [1.165, 1.54) is 11.1 Å². The van der Waals surface area contributed by atoms with Crippen molar-refractivity contribution in [3.8, 4) is 5.75 Å². The molecule has 1 aromatic carbocycles. The zero-order valence-electron chi connectivity index (χ0n) is 10.8. The predicted molar refractivity (Wildman–Crippen MR) is 74.2 cm³/mol. The highest BCUT2D eigenvalue weighted by molar-refractivity contribution is 6.29. The Labute approximate surface area is 113 Å².